The van der Waals surface area contributed by atoms with Gasteiger partial charge >= 0.3 is 0 Å². The first-order valence-corrected chi connectivity index (χ1v) is 13.3. The maximum atomic E-state index is 9.82. The Morgan fingerprint density at radius 1 is 1.08 bits per heavy atom. The standard InChI is InChI=1S/C22H30O5.C6H7N.C2H6O.CH5N/c1-4-19(18-10-11-18)26-16(3)21(13-23)27-20-12-15(2)25-22(20)24-14-17-8-6-5-7-9-17;7-6-4-2-1-3-5-6;1-3-2;1-2/h5-9,15-16,18,20-23H,1,10-14H2,2-3H3;1-5H,7H2;1-2H3;2H2,1H3. The number of anilines is 1. The summed E-state index contributed by atoms with van der Waals surface area (Å²) in [5, 5.41) is 9.82. The number of aliphatic hydroxyl groups excluding tert-OH is 1. The highest BCUT2D eigenvalue weighted by Crippen LogP contribution is 2.37. The molecule has 5 unspecified atom stereocenters. The van der Waals surface area contributed by atoms with Gasteiger partial charge in [0.25, 0.3) is 0 Å². The Morgan fingerprint density at radius 3 is 2.10 bits per heavy atom. The van der Waals surface area contributed by atoms with E-state index in [2.05, 4.69) is 22.8 Å². The Hall–Kier alpha value is -2.68. The molecule has 1 saturated carbocycles. The molecule has 2 aliphatic rings. The number of methoxy groups -OCH3 is 1. The number of hydrogen-bond acceptors (Lipinski definition) is 8. The highest BCUT2D eigenvalue weighted by Gasteiger charge is 2.38. The fourth-order valence-electron chi connectivity index (χ4n) is 3.71. The molecule has 0 radical (unpaired) electrons. The zero-order valence-corrected chi connectivity index (χ0v) is 24.1. The average molecular weight is 545 g/mol. The molecular weight excluding hydrogens is 496 g/mol. The Labute approximate surface area is 234 Å². The molecule has 1 aliphatic carbocycles. The second kappa shape index (κ2) is 20.3. The summed E-state index contributed by atoms with van der Waals surface area (Å²) in [6.07, 6.45) is 1.51. The zero-order valence-electron chi connectivity index (χ0n) is 24.1. The van der Waals surface area contributed by atoms with Crippen LogP contribution in [0.1, 0.15) is 38.7 Å². The van der Waals surface area contributed by atoms with E-state index in [1.54, 1.807) is 14.2 Å². The van der Waals surface area contributed by atoms with Crippen molar-refractivity contribution in [3.05, 3.63) is 84.3 Å². The predicted molar refractivity (Wildman–Crippen MR) is 156 cm³/mol. The van der Waals surface area contributed by atoms with Gasteiger partial charge in [-0.2, -0.15) is 0 Å². The van der Waals surface area contributed by atoms with Crippen LogP contribution in [0, 0.1) is 5.92 Å². The molecule has 2 fully saturated rings. The van der Waals surface area contributed by atoms with E-state index in [4.69, 9.17) is 24.7 Å². The summed E-state index contributed by atoms with van der Waals surface area (Å²) >= 11 is 0. The number of allylic oxidation sites excluding steroid dienone is 1. The van der Waals surface area contributed by atoms with E-state index in [0.29, 0.717) is 12.5 Å². The molecule has 2 aromatic rings. The van der Waals surface area contributed by atoms with E-state index in [1.807, 2.05) is 74.5 Å². The predicted octanol–water partition coefficient (Wildman–Crippen LogP) is 4.67. The zero-order chi connectivity index (χ0) is 29.0. The minimum absolute atomic E-state index is 0.0430. The van der Waals surface area contributed by atoms with Crippen LogP contribution in [0.15, 0.2) is 78.7 Å². The van der Waals surface area contributed by atoms with Gasteiger partial charge in [-0.15, -0.1) is 0 Å². The molecule has 1 heterocycles. The lowest BCUT2D eigenvalue weighted by Gasteiger charge is -2.28. The van der Waals surface area contributed by atoms with Crippen molar-refractivity contribution in [3.63, 3.8) is 0 Å². The van der Waals surface area contributed by atoms with Crippen molar-refractivity contribution < 1.29 is 28.8 Å². The molecule has 8 nitrogen and oxygen atoms in total. The van der Waals surface area contributed by atoms with E-state index in [9.17, 15) is 5.11 Å². The molecule has 0 bridgehead atoms. The van der Waals surface area contributed by atoms with Crippen molar-refractivity contribution in [3.8, 4) is 0 Å². The van der Waals surface area contributed by atoms with Crippen molar-refractivity contribution in [2.45, 2.75) is 70.4 Å². The molecule has 1 saturated heterocycles. The van der Waals surface area contributed by atoms with Crippen LogP contribution in [0.4, 0.5) is 5.69 Å². The quantitative estimate of drug-likeness (QED) is 0.224. The largest absolute Gasteiger partial charge is 0.484 e. The number of rotatable bonds is 10. The van der Waals surface area contributed by atoms with Gasteiger partial charge in [0.1, 0.15) is 24.1 Å². The van der Waals surface area contributed by atoms with Gasteiger partial charge in [0, 0.05) is 32.2 Å². The highest BCUT2D eigenvalue weighted by atomic mass is 16.7. The number of nitrogens with two attached hydrogens (primary N) is 2. The van der Waals surface area contributed by atoms with Gasteiger partial charge in [0.15, 0.2) is 6.29 Å². The van der Waals surface area contributed by atoms with Gasteiger partial charge in [0.05, 0.1) is 19.3 Å². The normalized spacial score (nSPS) is 20.8. The third-order valence-corrected chi connectivity index (χ3v) is 5.78. The molecule has 0 amide bonds. The lowest BCUT2D eigenvalue weighted by molar-refractivity contribution is -0.202. The summed E-state index contributed by atoms with van der Waals surface area (Å²) in [6, 6.07) is 19.5. The topological polar surface area (TPSA) is 118 Å². The van der Waals surface area contributed by atoms with Gasteiger partial charge in [-0.05, 0) is 51.4 Å². The lowest BCUT2D eigenvalue weighted by Crippen LogP contribution is -2.39. The fourth-order valence-corrected chi connectivity index (χ4v) is 3.71. The highest BCUT2D eigenvalue weighted by molar-refractivity contribution is 5.35. The Bertz CT molecular complexity index is 919. The second-order valence-corrected chi connectivity index (χ2v) is 9.20. The van der Waals surface area contributed by atoms with E-state index in [1.165, 1.54) is 7.05 Å². The first-order valence-electron chi connectivity index (χ1n) is 13.3. The number of benzene rings is 2. The molecule has 0 aromatic heterocycles. The van der Waals surface area contributed by atoms with Gasteiger partial charge in [-0.1, -0.05) is 60.8 Å². The molecule has 8 heteroatoms. The van der Waals surface area contributed by atoms with Gasteiger partial charge in [-0.3, -0.25) is 0 Å². The Morgan fingerprint density at radius 2 is 1.64 bits per heavy atom. The van der Waals surface area contributed by atoms with Gasteiger partial charge in [-0.25, -0.2) is 0 Å². The number of aliphatic hydroxyl groups is 1. The summed E-state index contributed by atoms with van der Waals surface area (Å²) in [6.45, 7) is 7.94. The molecule has 2 aromatic carbocycles. The first-order chi connectivity index (χ1) is 18.9. The summed E-state index contributed by atoms with van der Waals surface area (Å²) < 4.78 is 28.2. The number of nitrogen functional groups attached to an aromatic ring is 1. The molecule has 0 spiro atoms. The van der Waals surface area contributed by atoms with Crippen molar-refractivity contribution in [2.24, 2.45) is 11.7 Å². The SMILES string of the molecule is C=C=C(OC(C)C(CO)OC1CC(C)OC1OCc1ccccc1)C1CC1.CN.COC.Nc1ccccc1. The van der Waals surface area contributed by atoms with E-state index in [0.717, 1.165) is 36.3 Å². The third kappa shape index (κ3) is 13.8. The van der Waals surface area contributed by atoms with E-state index < -0.39 is 12.4 Å². The third-order valence-electron chi connectivity index (χ3n) is 5.78. The lowest BCUT2D eigenvalue weighted by atomic mass is 10.2. The van der Waals surface area contributed by atoms with E-state index >= 15 is 0 Å². The Balaban J connectivity index is 0.000000530. The number of para-hydroxylation sites is 1. The van der Waals surface area contributed by atoms with Crippen molar-refractivity contribution in [2.75, 3.05) is 33.6 Å². The van der Waals surface area contributed by atoms with Crippen LogP contribution >= 0.6 is 0 Å². The summed E-state index contributed by atoms with van der Waals surface area (Å²) in [5.41, 5.74) is 14.6. The van der Waals surface area contributed by atoms with Crippen molar-refractivity contribution in [1.82, 2.24) is 0 Å². The van der Waals surface area contributed by atoms with Crippen molar-refractivity contribution >= 4 is 5.69 Å². The minimum atomic E-state index is -0.464. The van der Waals surface area contributed by atoms with Crippen LogP contribution in [-0.4, -0.2) is 63.7 Å². The van der Waals surface area contributed by atoms with Crippen LogP contribution < -0.4 is 11.5 Å². The molecule has 4 rings (SSSR count). The summed E-state index contributed by atoms with van der Waals surface area (Å²) in [4.78, 5) is 0. The Kier molecular flexibility index (Phi) is 17.8. The monoisotopic (exact) mass is 544 g/mol. The van der Waals surface area contributed by atoms with Gasteiger partial charge < -0.3 is 40.3 Å². The van der Waals surface area contributed by atoms with Crippen LogP contribution in [0.3, 0.4) is 0 Å². The summed E-state index contributed by atoms with van der Waals surface area (Å²) in [7, 11) is 4.75. The van der Waals surface area contributed by atoms with Crippen LogP contribution in [0.25, 0.3) is 0 Å². The summed E-state index contributed by atoms with van der Waals surface area (Å²) in [5.74, 6) is 1.19. The second-order valence-electron chi connectivity index (χ2n) is 9.20. The minimum Gasteiger partial charge on any atom is -0.484 e. The molecule has 1 aliphatic heterocycles. The molecule has 5 N–H and O–H groups in total. The van der Waals surface area contributed by atoms with Crippen molar-refractivity contribution in [1.29, 1.82) is 0 Å². The molecule has 5 atom stereocenters. The molecule has 39 heavy (non-hydrogen) atoms. The smallest absolute Gasteiger partial charge is 0.184 e. The maximum absolute atomic E-state index is 9.82. The van der Waals surface area contributed by atoms with Gasteiger partial charge in [0.2, 0.25) is 0 Å². The van der Waals surface area contributed by atoms with E-state index in [-0.39, 0.29) is 24.9 Å². The number of ether oxygens (including phenoxy) is 5. The maximum Gasteiger partial charge on any atom is 0.184 e. The molecule has 218 valence electrons. The van der Waals surface area contributed by atoms with Crippen LogP contribution in [-0.2, 0) is 30.3 Å². The van der Waals surface area contributed by atoms with Crippen LogP contribution in [0.2, 0.25) is 0 Å². The first kappa shape index (κ1) is 34.3. The fraction of sp³-hybridized carbons (Fsp3) is 0.516. The average Bonchev–Trinajstić information content (AvgIpc) is 3.74. The van der Waals surface area contributed by atoms with Crippen LogP contribution in [0.5, 0.6) is 0 Å². The number of hydrogen-bond donors (Lipinski definition) is 3. The molecular formula is C31H48N2O6.